The van der Waals surface area contributed by atoms with E-state index in [9.17, 15) is 0 Å². The Balaban J connectivity index is 1.90. The number of aromatic amines is 1. The van der Waals surface area contributed by atoms with Crippen LogP contribution in [0.4, 0.5) is 0 Å². The molecule has 0 amide bonds. The number of nitrogens with zero attached hydrogens (tertiary/aromatic N) is 2. The van der Waals surface area contributed by atoms with E-state index in [1.165, 1.54) is 23.7 Å². The molecule has 0 fully saturated rings. The van der Waals surface area contributed by atoms with Crippen LogP contribution in [0, 0.1) is 10.7 Å². The van der Waals surface area contributed by atoms with Gasteiger partial charge in [-0.15, -0.1) is 0 Å². The van der Waals surface area contributed by atoms with Gasteiger partial charge in [-0.3, -0.25) is 4.98 Å². The summed E-state index contributed by atoms with van der Waals surface area (Å²) >= 11 is 5.55. The van der Waals surface area contributed by atoms with Gasteiger partial charge in [-0.1, -0.05) is 30.4 Å². The molecule has 1 N–H and O–H groups in total. The van der Waals surface area contributed by atoms with Gasteiger partial charge in [0.15, 0.2) is 4.77 Å². The largest absolute Gasteiger partial charge is 0.329 e. The zero-order valence-corrected chi connectivity index (χ0v) is 12.6. The van der Waals surface area contributed by atoms with Gasteiger partial charge >= 0.3 is 0 Å². The van der Waals surface area contributed by atoms with Crippen molar-refractivity contribution in [2.24, 2.45) is 5.92 Å². The second-order valence-electron chi connectivity index (χ2n) is 5.73. The summed E-state index contributed by atoms with van der Waals surface area (Å²) in [5.41, 5.74) is 3.25. The van der Waals surface area contributed by atoms with E-state index in [0.717, 1.165) is 28.8 Å². The highest BCUT2D eigenvalue weighted by Crippen LogP contribution is 2.27. The van der Waals surface area contributed by atoms with E-state index in [2.05, 4.69) is 44.9 Å². The van der Waals surface area contributed by atoms with Crippen molar-refractivity contribution in [2.45, 2.75) is 25.8 Å². The van der Waals surface area contributed by atoms with Gasteiger partial charge in [0.05, 0.1) is 22.7 Å². The SMILES string of the molecule is S=c1[nH]c2cnc3ccccc3c2n1CC1CC=CCC1. The Hall–Kier alpha value is -1.94. The lowest BCUT2D eigenvalue weighted by Gasteiger charge is -2.19. The van der Waals surface area contributed by atoms with Crippen LogP contribution in [0.2, 0.25) is 0 Å². The number of fused-ring (bicyclic) bond motifs is 3. The predicted molar refractivity (Wildman–Crippen MR) is 88.9 cm³/mol. The third kappa shape index (κ3) is 2.20. The molecule has 0 radical (unpaired) electrons. The summed E-state index contributed by atoms with van der Waals surface area (Å²) in [5.74, 6) is 0.674. The summed E-state index contributed by atoms with van der Waals surface area (Å²) in [6.45, 7) is 0.983. The standard InChI is InChI=1S/C17H17N3S/c21-17-19-15-10-18-14-9-5-4-8-13(14)16(15)20(17)11-12-6-2-1-3-7-12/h1-2,4-5,8-10,12H,3,6-7,11H2,(H,19,21). The van der Waals surface area contributed by atoms with Crippen LogP contribution in [-0.2, 0) is 6.54 Å². The van der Waals surface area contributed by atoms with Gasteiger partial charge in [0, 0.05) is 11.9 Å². The van der Waals surface area contributed by atoms with E-state index in [1.807, 2.05) is 12.3 Å². The molecule has 3 aromatic rings. The molecule has 0 bridgehead atoms. The quantitative estimate of drug-likeness (QED) is 0.553. The van der Waals surface area contributed by atoms with E-state index in [4.69, 9.17) is 12.2 Å². The van der Waals surface area contributed by atoms with Crippen molar-refractivity contribution in [1.82, 2.24) is 14.5 Å². The van der Waals surface area contributed by atoms with Crippen LogP contribution in [-0.4, -0.2) is 14.5 Å². The van der Waals surface area contributed by atoms with Gasteiger partial charge in [0.2, 0.25) is 0 Å². The second kappa shape index (κ2) is 5.11. The highest BCUT2D eigenvalue weighted by molar-refractivity contribution is 7.71. The molecule has 1 aromatic carbocycles. The smallest absolute Gasteiger partial charge is 0.178 e. The van der Waals surface area contributed by atoms with E-state index < -0.39 is 0 Å². The van der Waals surface area contributed by atoms with Gasteiger partial charge in [0.1, 0.15) is 0 Å². The van der Waals surface area contributed by atoms with Gasteiger partial charge < -0.3 is 9.55 Å². The molecule has 2 heterocycles. The van der Waals surface area contributed by atoms with Crippen molar-refractivity contribution in [3.05, 3.63) is 47.4 Å². The molecule has 4 rings (SSSR count). The zero-order chi connectivity index (χ0) is 14.2. The third-order valence-electron chi connectivity index (χ3n) is 4.32. The van der Waals surface area contributed by atoms with E-state index in [0.29, 0.717) is 5.92 Å². The molecule has 4 heteroatoms. The van der Waals surface area contributed by atoms with Crippen LogP contribution in [0.25, 0.3) is 21.9 Å². The lowest BCUT2D eigenvalue weighted by atomic mass is 9.94. The maximum absolute atomic E-state index is 5.55. The number of hydrogen-bond donors (Lipinski definition) is 1. The summed E-state index contributed by atoms with van der Waals surface area (Å²) in [6, 6.07) is 8.27. The minimum atomic E-state index is 0.674. The summed E-state index contributed by atoms with van der Waals surface area (Å²) in [7, 11) is 0. The zero-order valence-electron chi connectivity index (χ0n) is 11.7. The molecular formula is C17H17N3S. The van der Waals surface area contributed by atoms with E-state index >= 15 is 0 Å². The molecule has 3 nitrogen and oxygen atoms in total. The van der Waals surface area contributed by atoms with Crippen molar-refractivity contribution in [1.29, 1.82) is 0 Å². The number of hydrogen-bond acceptors (Lipinski definition) is 2. The minimum Gasteiger partial charge on any atom is -0.329 e. The summed E-state index contributed by atoms with van der Waals surface area (Å²) in [5, 5.41) is 1.17. The number of aromatic nitrogens is 3. The maximum Gasteiger partial charge on any atom is 0.178 e. The molecular weight excluding hydrogens is 278 g/mol. The Bertz CT molecular complexity index is 888. The molecule has 1 atom stereocenters. The Morgan fingerprint density at radius 2 is 2.19 bits per heavy atom. The molecule has 0 aliphatic heterocycles. The lowest BCUT2D eigenvalue weighted by Crippen LogP contribution is -2.12. The van der Waals surface area contributed by atoms with Crippen LogP contribution < -0.4 is 0 Å². The van der Waals surface area contributed by atoms with E-state index in [-0.39, 0.29) is 0 Å². The first-order chi connectivity index (χ1) is 10.3. The van der Waals surface area contributed by atoms with Crippen LogP contribution in [0.15, 0.2) is 42.6 Å². The molecule has 1 aliphatic rings. The topological polar surface area (TPSA) is 33.6 Å². The Labute approximate surface area is 128 Å². The van der Waals surface area contributed by atoms with Crippen molar-refractivity contribution in [3.8, 4) is 0 Å². The lowest BCUT2D eigenvalue weighted by molar-refractivity contribution is 0.414. The number of rotatable bonds is 2. The third-order valence-corrected chi connectivity index (χ3v) is 4.64. The number of H-pyrrole nitrogens is 1. The first kappa shape index (κ1) is 12.8. The molecule has 0 saturated heterocycles. The molecule has 21 heavy (non-hydrogen) atoms. The normalized spacial score (nSPS) is 18.6. The van der Waals surface area contributed by atoms with Crippen LogP contribution in [0.3, 0.4) is 0 Å². The highest BCUT2D eigenvalue weighted by atomic mass is 32.1. The Morgan fingerprint density at radius 3 is 3.05 bits per heavy atom. The average Bonchev–Trinajstić information content (AvgIpc) is 2.85. The summed E-state index contributed by atoms with van der Waals surface area (Å²) in [4.78, 5) is 7.81. The van der Waals surface area contributed by atoms with Crippen LogP contribution in [0.1, 0.15) is 19.3 Å². The monoisotopic (exact) mass is 295 g/mol. The van der Waals surface area contributed by atoms with Crippen LogP contribution in [0.5, 0.6) is 0 Å². The average molecular weight is 295 g/mol. The first-order valence-electron chi connectivity index (χ1n) is 7.44. The maximum atomic E-state index is 5.55. The Kier molecular flexibility index (Phi) is 3.11. The van der Waals surface area contributed by atoms with Crippen molar-refractivity contribution < 1.29 is 0 Å². The number of benzene rings is 1. The van der Waals surface area contributed by atoms with E-state index in [1.54, 1.807) is 0 Å². The molecule has 0 saturated carbocycles. The molecule has 106 valence electrons. The summed E-state index contributed by atoms with van der Waals surface area (Å²) < 4.78 is 3.07. The summed E-state index contributed by atoms with van der Waals surface area (Å²) in [6.07, 6.45) is 10.1. The minimum absolute atomic E-state index is 0.674. The van der Waals surface area contributed by atoms with Crippen molar-refractivity contribution in [3.63, 3.8) is 0 Å². The van der Waals surface area contributed by atoms with Gasteiger partial charge in [-0.25, -0.2) is 0 Å². The number of nitrogens with one attached hydrogen (secondary N) is 1. The van der Waals surface area contributed by atoms with Crippen LogP contribution >= 0.6 is 12.2 Å². The fourth-order valence-corrected chi connectivity index (χ4v) is 3.52. The molecule has 1 unspecified atom stereocenters. The fraction of sp³-hybridized carbons (Fsp3) is 0.294. The number of pyridine rings is 1. The van der Waals surface area contributed by atoms with Gasteiger partial charge in [-0.2, -0.15) is 0 Å². The fourth-order valence-electron chi connectivity index (χ4n) is 3.25. The number of allylic oxidation sites excluding steroid dienone is 2. The Morgan fingerprint density at radius 1 is 1.29 bits per heavy atom. The number of imidazole rings is 1. The predicted octanol–water partition coefficient (Wildman–Crippen LogP) is 4.60. The van der Waals surface area contributed by atoms with Gasteiger partial charge in [0.25, 0.3) is 0 Å². The first-order valence-corrected chi connectivity index (χ1v) is 7.85. The second-order valence-corrected chi connectivity index (χ2v) is 6.12. The molecule has 2 aromatic heterocycles. The van der Waals surface area contributed by atoms with Crippen molar-refractivity contribution in [2.75, 3.05) is 0 Å². The highest BCUT2D eigenvalue weighted by Gasteiger charge is 2.15. The molecule has 0 spiro atoms. The van der Waals surface area contributed by atoms with Gasteiger partial charge in [-0.05, 0) is 43.5 Å². The van der Waals surface area contributed by atoms with Crippen molar-refractivity contribution >= 4 is 34.2 Å². The number of para-hydroxylation sites is 1. The molecule has 1 aliphatic carbocycles.